The van der Waals surface area contributed by atoms with E-state index in [2.05, 4.69) is 14.9 Å². The Balaban J connectivity index is 2.23. The van der Waals surface area contributed by atoms with Gasteiger partial charge in [0, 0.05) is 13.0 Å². The predicted molar refractivity (Wildman–Crippen MR) is 70.6 cm³/mol. The molecule has 0 aliphatic carbocycles. The topological polar surface area (TPSA) is 154 Å². The number of sulfonamides is 1. The Hall–Kier alpha value is -2.53. The maximum atomic E-state index is 12.0. The van der Waals surface area contributed by atoms with Crippen molar-refractivity contribution < 1.29 is 17.9 Å². The number of aromatic nitrogens is 2. The van der Waals surface area contributed by atoms with Crippen LogP contribution >= 0.6 is 0 Å². The largest absolute Gasteiger partial charge is 0.393 e. The van der Waals surface area contributed by atoms with E-state index in [1.54, 1.807) is 6.92 Å². The van der Waals surface area contributed by atoms with Gasteiger partial charge in [0.2, 0.25) is 15.9 Å². The number of nitrogens with one attached hydrogen (secondary N) is 1. The van der Waals surface area contributed by atoms with Crippen LogP contribution in [0, 0.1) is 17.0 Å². The molecule has 10 nitrogen and oxygen atoms in total. The van der Waals surface area contributed by atoms with Crippen LogP contribution in [0.5, 0.6) is 0 Å². The van der Waals surface area contributed by atoms with E-state index in [-0.39, 0.29) is 23.0 Å². The summed E-state index contributed by atoms with van der Waals surface area (Å²) in [6.07, 6.45) is 0. The molecule has 3 N–H and O–H groups in total. The Morgan fingerprint density at radius 2 is 2.19 bits per heavy atom. The highest BCUT2D eigenvalue weighted by Crippen LogP contribution is 2.24. The highest BCUT2D eigenvalue weighted by Gasteiger charge is 2.20. The highest BCUT2D eigenvalue weighted by atomic mass is 32.2. The Kier molecular flexibility index (Phi) is 3.86. The minimum atomic E-state index is -3.95. The van der Waals surface area contributed by atoms with Gasteiger partial charge in [-0.3, -0.25) is 10.1 Å². The zero-order chi connectivity index (χ0) is 15.6. The summed E-state index contributed by atoms with van der Waals surface area (Å²) in [5.74, 6) is 0.452. The van der Waals surface area contributed by atoms with Crippen molar-refractivity contribution in [1.29, 1.82) is 0 Å². The van der Waals surface area contributed by atoms with Crippen molar-refractivity contribution in [3.05, 3.63) is 40.0 Å². The number of rotatable bonds is 5. The number of nitro groups is 1. The first-order chi connectivity index (χ1) is 9.79. The van der Waals surface area contributed by atoms with Crippen LogP contribution in [-0.4, -0.2) is 23.5 Å². The van der Waals surface area contributed by atoms with Crippen LogP contribution in [0.1, 0.15) is 11.7 Å². The number of anilines is 1. The van der Waals surface area contributed by atoms with Crippen molar-refractivity contribution in [2.45, 2.75) is 18.4 Å². The molecule has 1 heterocycles. The molecule has 0 atom stereocenters. The first-order valence-corrected chi connectivity index (χ1v) is 7.10. The van der Waals surface area contributed by atoms with E-state index in [0.717, 1.165) is 12.1 Å². The third-order valence-corrected chi connectivity index (χ3v) is 3.90. The van der Waals surface area contributed by atoms with Gasteiger partial charge in [-0.05, 0) is 12.1 Å². The average Bonchev–Trinajstić information content (AvgIpc) is 2.82. The zero-order valence-corrected chi connectivity index (χ0v) is 11.6. The van der Waals surface area contributed by atoms with E-state index in [9.17, 15) is 18.5 Å². The Labute approximate surface area is 119 Å². The van der Waals surface area contributed by atoms with E-state index in [0.29, 0.717) is 5.89 Å². The first kappa shape index (κ1) is 14.9. The van der Waals surface area contributed by atoms with Crippen molar-refractivity contribution in [3.8, 4) is 0 Å². The molecule has 0 unspecified atom stereocenters. The van der Waals surface area contributed by atoms with Crippen molar-refractivity contribution in [2.24, 2.45) is 0 Å². The van der Waals surface area contributed by atoms with Gasteiger partial charge in [-0.25, -0.2) is 13.1 Å². The van der Waals surface area contributed by atoms with Crippen LogP contribution in [0.2, 0.25) is 0 Å². The van der Waals surface area contributed by atoms with Gasteiger partial charge >= 0.3 is 0 Å². The van der Waals surface area contributed by atoms with Crippen molar-refractivity contribution in [1.82, 2.24) is 14.9 Å². The molecule has 2 rings (SSSR count). The van der Waals surface area contributed by atoms with Crippen molar-refractivity contribution in [3.63, 3.8) is 0 Å². The minimum Gasteiger partial charge on any atom is -0.393 e. The third-order valence-electron chi connectivity index (χ3n) is 2.50. The Morgan fingerprint density at radius 3 is 2.76 bits per heavy atom. The van der Waals surface area contributed by atoms with Crippen LogP contribution in [-0.2, 0) is 16.6 Å². The van der Waals surface area contributed by atoms with E-state index in [1.165, 1.54) is 6.07 Å². The lowest BCUT2D eigenvalue weighted by atomic mass is 10.3. The lowest BCUT2D eigenvalue weighted by Crippen LogP contribution is -2.24. The number of nitrogens with zero attached hydrogens (tertiary/aromatic N) is 3. The van der Waals surface area contributed by atoms with E-state index >= 15 is 0 Å². The molecule has 0 radical (unpaired) electrons. The molecule has 0 saturated carbocycles. The highest BCUT2D eigenvalue weighted by molar-refractivity contribution is 7.89. The molecule has 1 aromatic heterocycles. The van der Waals surface area contributed by atoms with E-state index in [1.807, 2.05) is 0 Å². The number of benzene rings is 1. The molecule has 112 valence electrons. The number of hydrogen-bond donors (Lipinski definition) is 2. The van der Waals surface area contributed by atoms with Gasteiger partial charge in [0.05, 0.1) is 16.4 Å². The molecule has 0 bridgehead atoms. The van der Waals surface area contributed by atoms with Gasteiger partial charge < -0.3 is 10.3 Å². The van der Waals surface area contributed by atoms with Gasteiger partial charge in [-0.2, -0.15) is 4.98 Å². The van der Waals surface area contributed by atoms with E-state index < -0.39 is 20.6 Å². The van der Waals surface area contributed by atoms with Gasteiger partial charge in [-0.15, -0.1) is 0 Å². The summed E-state index contributed by atoms with van der Waals surface area (Å²) in [5.41, 5.74) is 4.82. The lowest BCUT2D eigenvalue weighted by molar-refractivity contribution is -0.384. The molecular weight excluding hydrogens is 302 g/mol. The third kappa shape index (κ3) is 3.32. The second kappa shape index (κ2) is 5.46. The molecule has 0 aliphatic rings. The first-order valence-electron chi connectivity index (χ1n) is 5.62. The van der Waals surface area contributed by atoms with Gasteiger partial charge in [0.15, 0.2) is 5.82 Å². The van der Waals surface area contributed by atoms with Crippen molar-refractivity contribution in [2.75, 3.05) is 5.73 Å². The summed E-state index contributed by atoms with van der Waals surface area (Å²) in [4.78, 5) is 13.6. The maximum Gasteiger partial charge on any atom is 0.293 e. The number of nitrogens with two attached hydrogens (primary N) is 1. The molecule has 0 spiro atoms. The number of nitrogen functional groups attached to an aromatic ring is 1. The molecule has 0 amide bonds. The molecule has 2 aromatic rings. The Bertz CT molecular complexity index is 785. The summed E-state index contributed by atoms with van der Waals surface area (Å²) < 4.78 is 31.0. The number of hydrogen-bond acceptors (Lipinski definition) is 8. The second-order valence-corrected chi connectivity index (χ2v) is 5.80. The molecular formula is C10H11N5O5S. The predicted octanol–water partition coefficient (Wildman–Crippen LogP) is 0.347. The zero-order valence-electron chi connectivity index (χ0n) is 10.8. The quantitative estimate of drug-likeness (QED) is 0.455. The van der Waals surface area contributed by atoms with E-state index in [4.69, 9.17) is 10.3 Å². The lowest BCUT2D eigenvalue weighted by Gasteiger charge is -2.05. The van der Waals surface area contributed by atoms with Gasteiger partial charge in [-0.1, -0.05) is 5.16 Å². The molecule has 0 saturated heterocycles. The molecule has 1 aromatic carbocycles. The Morgan fingerprint density at radius 1 is 1.48 bits per heavy atom. The number of aryl methyl sites for hydroxylation is 1. The fraction of sp³-hybridized carbons (Fsp3) is 0.200. The fourth-order valence-corrected chi connectivity index (χ4v) is 2.50. The van der Waals surface area contributed by atoms with Crippen LogP contribution in [0.25, 0.3) is 0 Å². The monoisotopic (exact) mass is 313 g/mol. The van der Waals surface area contributed by atoms with Gasteiger partial charge in [0.25, 0.3) is 5.69 Å². The molecule has 11 heteroatoms. The van der Waals surface area contributed by atoms with Crippen LogP contribution in [0.4, 0.5) is 11.4 Å². The summed E-state index contributed by atoms with van der Waals surface area (Å²) >= 11 is 0. The summed E-state index contributed by atoms with van der Waals surface area (Å²) in [6, 6.07) is 3.22. The second-order valence-electron chi connectivity index (χ2n) is 4.03. The minimum absolute atomic E-state index is 0.118. The SMILES string of the molecule is Cc1nc(CNS(=O)(=O)c2ccc(N)c([N+](=O)[O-])c2)no1. The molecule has 0 fully saturated rings. The summed E-state index contributed by atoms with van der Waals surface area (Å²) in [5, 5.41) is 14.3. The fourth-order valence-electron chi connectivity index (χ4n) is 1.50. The van der Waals surface area contributed by atoms with Crippen LogP contribution in [0.15, 0.2) is 27.6 Å². The van der Waals surface area contributed by atoms with Crippen LogP contribution < -0.4 is 10.5 Å². The number of nitro benzene ring substituents is 1. The molecule has 0 aliphatic heterocycles. The summed E-state index contributed by atoms with van der Waals surface area (Å²) in [7, 11) is -3.95. The van der Waals surface area contributed by atoms with Gasteiger partial charge in [0.1, 0.15) is 5.69 Å². The summed E-state index contributed by atoms with van der Waals surface area (Å²) in [6.45, 7) is 1.37. The average molecular weight is 313 g/mol. The van der Waals surface area contributed by atoms with Crippen molar-refractivity contribution >= 4 is 21.4 Å². The normalized spacial score (nSPS) is 11.5. The smallest absolute Gasteiger partial charge is 0.293 e. The molecule has 21 heavy (non-hydrogen) atoms. The maximum absolute atomic E-state index is 12.0. The van der Waals surface area contributed by atoms with Crippen LogP contribution in [0.3, 0.4) is 0 Å². The standard InChI is InChI=1S/C10H11N5O5S/c1-6-13-10(14-20-6)5-12-21(18,19)7-2-3-8(11)9(4-7)15(16)17/h2-4,12H,5,11H2,1H3.